The maximum atomic E-state index is 11.6. The molecule has 1 heterocycles. The van der Waals surface area contributed by atoms with Crippen molar-refractivity contribution in [2.75, 3.05) is 24.8 Å². The summed E-state index contributed by atoms with van der Waals surface area (Å²) in [5.74, 6) is -0.154. The summed E-state index contributed by atoms with van der Waals surface area (Å²) in [4.78, 5) is 17.4. The highest BCUT2D eigenvalue weighted by atomic mass is 16.5. The smallest absolute Gasteiger partial charge is 0.356 e. The molecule has 0 atom stereocenters. The minimum absolute atomic E-state index is 0.156. The van der Waals surface area contributed by atoms with E-state index >= 15 is 0 Å². The maximum Gasteiger partial charge on any atom is 0.356 e. The van der Waals surface area contributed by atoms with Crippen LogP contribution in [0.25, 0.3) is 0 Å². The van der Waals surface area contributed by atoms with Gasteiger partial charge in [0.25, 0.3) is 0 Å². The van der Waals surface area contributed by atoms with Crippen LogP contribution < -0.4 is 10.6 Å². The predicted octanol–water partition coefficient (Wildman–Crippen LogP) is 2.09. The van der Waals surface area contributed by atoms with Crippen LogP contribution in [-0.2, 0) is 4.74 Å². The Morgan fingerprint density at radius 2 is 2.05 bits per heavy atom. The first kappa shape index (κ1) is 14.3. The molecule has 0 saturated heterocycles. The summed E-state index contributed by atoms with van der Waals surface area (Å²) >= 11 is 0. The third-order valence-corrected chi connectivity index (χ3v) is 3.00. The second-order valence-corrected chi connectivity index (χ2v) is 4.29. The molecule has 2 N–H and O–H groups in total. The molecule has 0 aliphatic carbocycles. The zero-order valence-corrected chi connectivity index (χ0v) is 11.7. The molecule has 0 bridgehead atoms. The van der Waals surface area contributed by atoms with E-state index in [1.54, 1.807) is 36.2 Å². The van der Waals surface area contributed by atoms with Crippen LogP contribution in [0.4, 0.5) is 17.2 Å². The molecule has 0 amide bonds. The van der Waals surface area contributed by atoms with Gasteiger partial charge in [-0.05, 0) is 24.3 Å². The number of aromatic nitrogens is 1. The van der Waals surface area contributed by atoms with Gasteiger partial charge in [0.15, 0.2) is 11.5 Å². The lowest BCUT2D eigenvalue weighted by molar-refractivity contribution is 0.0594. The molecule has 6 heteroatoms. The topological polar surface area (TPSA) is 92.2 Å². The number of methoxy groups -OCH3 is 1. The van der Waals surface area contributed by atoms with Crippen LogP contribution in [0.3, 0.4) is 0 Å². The zero-order chi connectivity index (χ0) is 15.4. The molecule has 0 unspecified atom stereocenters. The molecule has 106 valence electrons. The number of rotatable bonds is 3. The van der Waals surface area contributed by atoms with Gasteiger partial charge in [0, 0.05) is 7.05 Å². The number of nitrogens with two attached hydrogens (primary N) is 1. The van der Waals surface area contributed by atoms with Crippen LogP contribution in [0.2, 0.25) is 0 Å². The molecule has 6 nitrogen and oxygen atoms in total. The summed E-state index contributed by atoms with van der Waals surface area (Å²) in [6, 6.07) is 12.3. The fraction of sp³-hybridized carbons (Fsp3) is 0.133. The highest BCUT2D eigenvalue weighted by Gasteiger charge is 2.16. The minimum atomic E-state index is -0.543. The monoisotopic (exact) mass is 282 g/mol. The van der Waals surface area contributed by atoms with Crippen molar-refractivity contribution in [1.29, 1.82) is 5.26 Å². The highest BCUT2D eigenvalue weighted by Crippen LogP contribution is 2.29. The zero-order valence-electron chi connectivity index (χ0n) is 11.7. The van der Waals surface area contributed by atoms with Crippen LogP contribution >= 0.6 is 0 Å². The van der Waals surface area contributed by atoms with Crippen LogP contribution in [0.1, 0.15) is 16.1 Å². The maximum absolute atomic E-state index is 11.6. The van der Waals surface area contributed by atoms with E-state index in [-0.39, 0.29) is 5.69 Å². The fourth-order valence-electron chi connectivity index (χ4n) is 1.92. The van der Waals surface area contributed by atoms with Crippen LogP contribution in [0, 0.1) is 11.3 Å². The number of anilines is 3. The SMILES string of the molecule is COC(=O)c1ccc(N)c(N(C)c2ccccc2C#N)n1. The first-order valence-electron chi connectivity index (χ1n) is 6.16. The summed E-state index contributed by atoms with van der Waals surface area (Å²) in [6.45, 7) is 0. The lowest BCUT2D eigenvalue weighted by Crippen LogP contribution is -2.17. The summed E-state index contributed by atoms with van der Waals surface area (Å²) in [7, 11) is 3.02. The molecule has 1 aromatic carbocycles. The van der Waals surface area contributed by atoms with Crippen molar-refractivity contribution in [2.45, 2.75) is 0 Å². The quantitative estimate of drug-likeness (QED) is 0.866. The van der Waals surface area contributed by atoms with Gasteiger partial charge in [-0.25, -0.2) is 9.78 Å². The molecule has 0 aliphatic heterocycles. The van der Waals surface area contributed by atoms with Crippen molar-refractivity contribution in [2.24, 2.45) is 0 Å². The van der Waals surface area contributed by atoms with Gasteiger partial charge in [-0.3, -0.25) is 0 Å². The summed E-state index contributed by atoms with van der Waals surface area (Å²) in [6.07, 6.45) is 0. The van der Waals surface area contributed by atoms with Crippen molar-refractivity contribution in [3.05, 3.63) is 47.7 Å². The van der Waals surface area contributed by atoms with E-state index < -0.39 is 5.97 Å². The van der Waals surface area contributed by atoms with Gasteiger partial charge in [0.1, 0.15) is 6.07 Å². The largest absolute Gasteiger partial charge is 0.464 e. The Labute approximate surface area is 122 Å². The van der Waals surface area contributed by atoms with Gasteiger partial charge in [0.2, 0.25) is 0 Å². The molecule has 1 aromatic heterocycles. The second-order valence-electron chi connectivity index (χ2n) is 4.29. The molecule has 0 saturated carbocycles. The van der Waals surface area contributed by atoms with Gasteiger partial charge in [-0.15, -0.1) is 0 Å². The van der Waals surface area contributed by atoms with Crippen molar-refractivity contribution >= 4 is 23.2 Å². The average Bonchev–Trinajstić information content (AvgIpc) is 2.53. The number of nitriles is 1. The first-order chi connectivity index (χ1) is 10.1. The molecule has 0 fully saturated rings. The van der Waals surface area contributed by atoms with E-state index in [9.17, 15) is 4.79 Å². The number of nitrogen functional groups attached to an aromatic ring is 1. The number of benzene rings is 1. The lowest BCUT2D eigenvalue weighted by atomic mass is 10.1. The average molecular weight is 282 g/mol. The number of ether oxygens (including phenoxy) is 1. The summed E-state index contributed by atoms with van der Waals surface area (Å²) < 4.78 is 4.65. The number of pyridine rings is 1. The van der Waals surface area contributed by atoms with Crippen molar-refractivity contribution in [3.8, 4) is 6.07 Å². The Bertz CT molecular complexity index is 722. The normalized spacial score (nSPS) is 9.76. The van der Waals surface area contributed by atoms with Crippen molar-refractivity contribution in [3.63, 3.8) is 0 Å². The molecule has 0 aliphatic rings. The Hall–Kier alpha value is -3.07. The molecular weight excluding hydrogens is 268 g/mol. The summed E-state index contributed by atoms with van der Waals surface area (Å²) in [5.41, 5.74) is 7.62. The Kier molecular flexibility index (Phi) is 4.05. The van der Waals surface area contributed by atoms with E-state index in [0.29, 0.717) is 22.8 Å². The van der Waals surface area contributed by atoms with Gasteiger partial charge in [-0.2, -0.15) is 5.26 Å². The van der Waals surface area contributed by atoms with Crippen molar-refractivity contribution in [1.82, 2.24) is 4.98 Å². The summed E-state index contributed by atoms with van der Waals surface area (Å²) in [5, 5.41) is 9.16. The molecule has 0 radical (unpaired) electrons. The van der Waals surface area contributed by atoms with E-state index in [4.69, 9.17) is 11.0 Å². The van der Waals surface area contributed by atoms with E-state index in [2.05, 4.69) is 15.8 Å². The van der Waals surface area contributed by atoms with Gasteiger partial charge in [0.05, 0.1) is 24.0 Å². The van der Waals surface area contributed by atoms with Gasteiger partial charge < -0.3 is 15.4 Å². The predicted molar refractivity (Wildman–Crippen MR) is 79.2 cm³/mol. The Morgan fingerprint density at radius 3 is 2.71 bits per heavy atom. The van der Waals surface area contributed by atoms with Crippen molar-refractivity contribution < 1.29 is 9.53 Å². The standard InChI is InChI=1S/C15H14N4O2/c1-19(13-6-4-3-5-10(13)9-16)14-11(17)7-8-12(18-14)15(20)21-2/h3-8H,17H2,1-2H3. The molecule has 2 aromatic rings. The number of carbonyl (C=O) groups excluding carboxylic acids is 1. The van der Waals surface area contributed by atoms with Crippen LogP contribution in [-0.4, -0.2) is 25.1 Å². The van der Waals surface area contributed by atoms with Gasteiger partial charge in [-0.1, -0.05) is 12.1 Å². The lowest BCUT2D eigenvalue weighted by Gasteiger charge is -2.21. The second kappa shape index (κ2) is 5.92. The highest BCUT2D eigenvalue weighted by molar-refractivity contribution is 5.89. The Balaban J connectivity index is 2.50. The number of para-hydroxylation sites is 1. The number of carbonyl (C=O) groups is 1. The molecule has 21 heavy (non-hydrogen) atoms. The molecule has 2 rings (SSSR count). The van der Waals surface area contributed by atoms with E-state index in [0.717, 1.165) is 0 Å². The van der Waals surface area contributed by atoms with Crippen LogP contribution in [0.5, 0.6) is 0 Å². The van der Waals surface area contributed by atoms with Gasteiger partial charge >= 0.3 is 5.97 Å². The first-order valence-corrected chi connectivity index (χ1v) is 6.16. The number of esters is 1. The molecular formula is C15H14N4O2. The third kappa shape index (κ3) is 2.77. The number of hydrogen-bond donors (Lipinski definition) is 1. The van der Waals surface area contributed by atoms with E-state index in [1.807, 2.05) is 6.07 Å². The number of hydrogen-bond acceptors (Lipinski definition) is 6. The minimum Gasteiger partial charge on any atom is -0.464 e. The molecule has 0 spiro atoms. The third-order valence-electron chi connectivity index (χ3n) is 3.00. The van der Waals surface area contributed by atoms with E-state index in [1.165, 1.54) is 13.2 Å². The fourth-order valence-corrected chi connectivity index (χ4v) is 1.92. The number of nitrogens with zero attached hydrogens (tertiary/aromatic N) is 3. The Morgan fingerprint density at radius 1 is 1.33 bits per heavy atom. The van der Waals surface area contributed by atoms with Crippen LogP contribution in [0.15, 0.2) is 36.4 Å².